The van der Waals surface area contributed by atoms with Gasteiger partial charge in [0.1, 0.15) is 0 Å². The molecule has 2 aromatic rings. The van der Waals surface area contributed by atoms with Crippen LogP contribution < -0.4 is 5.32 Å². The molecule has 1 fully saturated rings. The van der Waals surface area contributed by atoms with E-state index in [-0.39, 0.29) is 5.91 Å². The highest BCUT2D eigenvalue weighted by Gasteiger charge is 2.23. The Balaban J connectivity index is 1.53. The molecule has 2 heterocycles. The summed E-state index contributed by atoms with van der Waals surface area (Å²) in [5, 5.41) is 6.95. The Morgan fingerprint density at radius 1 is 1.37 bits per heavy atom. The van der Waals surface area contributed by atoms with E-state index < -0.39 is 0 Å². The van der Waals surface area contributed by atoms with Crippen molar-refractivity contribution in [2.45, 2.75) is 31.7 Å². The zero-order valence-corrected chi connectivity index (χ0v) is 11.5. The molecule has 1 amide bonds. The van der Waals surface area contributed by atoms with Gasteiger partial charge in [0, 0.05) is 18.9 Å². The van der Waals surface area contributed by atoms with Crippen LogP contribution in [0.1, 0.15) is 35.4 Å². The van der Waals surface area contributed by atoms with E-state index in [1.54, 1.807) is 11.3 Å². The Bertz CT molecular complexity index is 561. The van der Waals surface area contributed by atoms with Gasteiger partial charge in [-0.2, -0.15) is 11.3 Å². The Labute approximate surface area is 116 Å². The second-order valence-electron chi connectivity index (χ2n) is 4.99. The van der Waals surface area contributed by atoms with Gasteiger partial charge in [-0.05, 0) is 52.3 Å². The first-order valence-corrected chi connectivity index (χ1v) is 7.47. The fourth-order valence-corrected chi connectivity index (χ4v) is 2.75. The maximum Gasteiger partial charge on any atom is 0.224 e. The van der Waals surface area contributed by atoms with Gasteiger partial charge in [0.25, 0.3) is 0 Å². The van der Waals surface area contributed by atoms with Gasteiger partial charge in [0.2, 0.25) is 5.91 Å². The van der Waals surface area contributed by atoms with E-state index in [1.807, 2.05) is 29.2 Å². The molecule has 1 aliphatic rings. The number of amides is 1. The van der Waals surface area contributed by atoms with Crippen LogP contribution in [0, 0.1) is 0 Å². The van der Waals surface area contributed by atoms with Gasteiger partial charge >= 0.3 is 0 Å². The van der Waals surface area contributed by atoms with Crippen molar-refractivity contribution in [3.63, 3.8) is 0 Å². The highest BCUT2D eigenvalue weighted by atomic mass is 32.1. The number of carbonyl (C=O) groups excluding carboxylic acids is 1. The number of nitrogens with zero attached hydrogens (tertiary/aromatic N) is 1. The predicted octanol–water partition coefficient (Wildman–Crippen LogP) is 2.88. The highest BCUT2D eigenvalue weighted by Crippen LogP contribution is 2.39. The van der Waals surface area contributed by atoms with Crippen molar-refractivity contribution in [3.8, 4) is 0 Å². The van der Waals surface area contributed by atoms with Crippen molar-refractivity contribution >= 4 is 17.2 Å². The number of carbonyl (C=O) groups is 1. The molecule has 0 aromatic carbocycles. The lowest BCUT2D eigenvalue weighted by Gasteiger charge is -2.06. The lowest BCUT2D eigenvalue weighted by atomic mass is 10.1. The van der Waals surface area contributed by atoms with Crippen molar-refractivity contribution in [2.75, 3.05) is 0 Å². The summed E-state index contributed by atoms with van der Waals surface area (Å²) in [7, 11) is 0. The quantitative estimate of drug-likeness (QED) is 0.909. The molecule has 0 radical (unpaired) electrons. The van der Waals surface area contributed by atoms with Crippen molar-refractivity contribution in [3.05, 3.63) is 52.0 Å². The maximum absolute atomic E-state index is 11.8. The first-order chi connectivity index (χ1) is 9.31. The maximum atomic E-state index is 11.8. The Morgan fingerprint density at radius 2 is 2.26 bits per heavy atom. The van der Waals surface area contributed by atoms with Gasteiger partial charge in [-0.3, -0.25) is 9.78 Å². The van der Waals surface area contributed by atoms with Crippen LogP contribution in [0.5, 0.6) is 0 Å². The Hall–Kier alpha value is -1.68. The molecule has 0 unspecified atom stereocenters. The zero-order valence-electron chi connectivity index (χ0n) is 10.6. The molecule has 0 aliphatic heterocycles. The standard InChI is InChI=1S/C15H16N2OS/c18-15(6-11-3-4-19-10-11)17-8-12-5-14(9-16-7-12)13-1-2-13/h3-5,7,9-10,13H,1-2,6,8H2,(H,17,18). The van der Waals surface area contributed by atoms with Crippen LogP contribution in [0.25, 0.3) is 0 Å². The van der Waals surface area contributed by atoms with Crippen LogP contribution in [0.3, 0.4) is 0 Å². The van der Waals surface area contributed by atoms with E-state index in [2.05, 4.69) is 16.4 Å². The fourth-order valence-electron chi connectivity index (χ4n) is 2.09. The summed E-state index contributed by atoms with van der Waals surface area (Å²) in [6.07, 6.45) is 6.77. The Kier molecular flexibility index (Phi) is 3.60. The minimum Gasteiger partial charge on any atom is -0.352 e. The average Bonchev–Trinajstić information content (AvgIpc) is 3.16. The molecule has 4 heteroatoms. The van der Waals surface area contributed by atoms with Crippen LogP contribution in [-0.4, -0.2) is 10.9 Å². The third kappa shape index (κ3) is 3.41. The van der Waals surface area contributed by atoms with E-state index in [1.165, 1.54) is 18.4 Å². The molecule has 2 aromatic heterocycles. The molecule has 1 N–H and O–H groups in total. The fraction of sp³-hybridized carbons (Fsp3) is 0.333. The zero-order chi connectivity index (χ0) is 13.1. The molecule has 1 aliphatic carbocycles. The molecule has 0 atom stereocenters. The molecule has 19 heavy (non-hydrogen) atoms. The molecule has 0 bridgehead atoms. The van der Waals surface area contributed by atoms with Gasteiger partial charge < -0.3 is 5.32 Å². The smallest absolute Gasteiger partial charge is 0.224 e. The number of hydrogen-bond donors (Lipinski definition) is 1. The van der Waals surface area contributed by atoms with Gasteiger partial charge in [0.15, 0.2) is 0 Å². The molecule has 98 valence electrons. The SMILES string of the molecule is O=C(Cc1ccsc1)NCc1cncc(C2CC2)c1. The van der Waals surface area contributed by atoms with Crippen LogP contribution in [-0.2, 0) is 17.8 Å². The molecule has 0 spiro atoms. The third-order valence-corrected chi connectivity index (χ3v) is 4.03. The summed E-state index contributed by atoms with van der Waals surface area (Å²) in [6, 6.07) is 4.15. The molecular weight excluding hydrogens is 256 g/mol. The number of thiophene rings is 1. The monoisotopic (exact) mass is 272 g/mol. The summed E-state index contributed by atoms with van der Waals surface area (Å²) < 4.78 is 0. The second kappa shape index (κ2) is 5.53. The van der Waals surface area contributed by atoms with Crippen LogP contribution in [0.2, 0.25) is 0 Å². The van der Waals surface area contributed by atoms with Crippen molar-refractivity contribution < 1.29 is 4.79 Å². The lowest BCUT2D eigenvalue weighted by molar-refractivity contribution is -0.120. The van der Waals surface area contributed by atoms with Crippen LogP contribution >= 0.6 is 11.3 Å². The van der Waals surface area contributed by atoms with E-state index in [9.17, 15) is 4.79 Å². The molecular formula is C15H16N2OS. The molecule has 1 saturated carbocycles. The first-order valence-electron chi connectivity index (χ1n) is 6.53. The topological polar surface area (TPSA) is 42.0 Å². The van der Waals surface area contributed by atoms with Crippen molar-refractivity contribution in [2.24, 2.45) is 0 Å². The number of hydrogen-bond acceptors (Lipinski definition) is 3. The summed E-state index contributed by atoms with van der Waals surface area (Å²) >= 11 is 1.62. The van der Waals surface area contributed by atoms with Crippen LogP contribution in [0.15, 0.2) is 35.3 Å². The largest absolute Gasteiger partial charge is 0.352 e. The molecule has 3 rings (SSSR count). The number of rotatable bonds is 5. The number of aromatic nitrogens is 1. The van der Waals surface area contributed by atoms with Gasteiger partial charge in [-0.25, -0.2) is 0 Å². The predicted molar refractivity (Wildman–Crippen MR) is 76.1 cm³/mol. The summed E-state index contributed by atoms with van der Waals surface area (Å²) in [5.41, 5.74) is 3.47. The van der Waals surface area contributed by atoms with Crippen molar-refractivity contribution in [1.29, 1.82) is 0 Å². The van der Waals surface area contributed by atoms with Crippen molar-refractivity contribution in [1.82, 2.24) is 10.3 Å². The third-order valence-electron chi connectivity index (χ3n) is 3.30. The molecule has 3 nitrogen and oxygen atoms in total. The van der Waals surface area contributed by atoms with E-state index in [0.29, 0.717) is 18.9 Å². The van der Waals surface area contributed by atoms with Crippen LogP contribution in [0.4, 0.5) is 0 Å². The number of nitrogens with one attached hydrogen (secondary N) is 1. The van der Waals surface area contributed by atoms with Gasteiger partial charge in [0.05, 0.1) is 6.42 Å². The van der Waals surface area contributed by atoms with Gasteiger partial charge in [-0.1, -0.05) is 6.07 Å². The first kappa shape index (κ1) is 12.4. The van der Waals surface area contributed by atoms with Gasteiger partial charge in [-0.15, -0.1) is 0 Å². The number of pyridine rings is 1. The minimum absolute atomic E-state index is 0.0650. The lowest BCUT2D eigenvalue weighted by Crippen LogP contribution is -2.24. The minimum atomic E-state index is 0.0650. The summed E-state index contributed by atoms with van der Waals surface area (Å²) in [4.78, 5) is 16.0. The summed E-state index contributed by atoms with van der Waals surface area (Å²) in [5.74, 6) is 0.768. The summed E-state index contributed by atoms with van der Waals surface area (Å²) in [6.45, 7) is 0.566. The average molecular weight is 272 g/mol. The highest BCUT2D eigenvalue weighted by molar-refractivity contribution is 7.07. The van der Waals surface area contributed by atoms with E-state index in [4.69, 9.17) is 0 Å². The van der Waals surface area contributed by atoms with E-state index >= 15 is 0 Å². The normalized spacial score (nSPS) is 14.3. The second-order valence-corrected chi connectivity index (χ2v) is 5.77. The van der Waals surface area contributed by atoms with E-state index in [0.717, 1.165) is 11.1 Å². The molecule has 0 saturated heterocycles. The Morgan fingerprint density at radius 3 is 3.00 bits per heavy atom.